The molecule has 0 unspecified atom stereocenters. The molecule has 6 heteroatoms. The van der Waals surface area contributed by atoms with Crippen LogP contribution in [0, 0.1) is 0 Å². The SMILES string of the molecule is O=C(NCc1ccc(-n2cnc3ccccc32)nc1)[C@@H]1CCCO1. The molecule has 24 heavy (non-hydrogen) atoms. The van der Waals surface area contributed by atoms with Gasteiger partial charge in [0, 0.05) is 19.3 Å². The maximum absolute atomic E-state index is 11.9. The first-order chi connectivity index (χ1) is 11.8. The van der Waals surface area contributed by atoms with E-state index in [2.05, 4.69) is 15.3 Å². The fraction of sp³-hybridized carbons (Fsp3) is 0.278. The van der Waals surface area contributed by atoms with Gasteiger partial charge in [-0.25, -0.2) is 9.97 Å². The zero-order valence-corrected chi connectivity index (χ0v) is 13.2. The summed E-state index contributed by atoms with van der Waals surface area (Å²) in [5.41, 5.74) is 2.91. The van der Waals surface area contributed by atoms with E-state index in [9.17, 15) is 4.79 Å². The number of aromatic nitrogens is 3. The Morgan fingerprint density at radius 3 is 2.96 bits per heavy atom. The van der Waals surface area contributed by atoms with Crippen LogP contribution in [0.15, 0.2) is 48.9 Å². The molecule has 6 nitrogen and oxygen atoms in total. The third-order valence-electron chi connectivity index (χ3n) is 4.20. The normalized spacial score (nSPS) is 17.2. The zero-order chi connectivity index (χ0) is 16.4. The summed E-state index contributed by atoms with van der Waals surface area (Å²) in [6.45, 7) is 1.13. The lowest BCUT2D eigenvalue weighted by atomic mass is 10.2. The van der Waals surface area contributed by atoms with Gasteiger partial charge in [0.05, 0.1) is 11.0 Å². The molecule has 0 aliphatic carbocycles. The van der Waals surface area contributed by atoms with Crippen molar-refractivity contribution >= 4 is 16.9 Å². The summed E-state index contributed by atoms with van der Waals surface area (Å²) in [7, 11) is 0. The number of ether oxygens (including phenoxy) is 1. The molecule has 3 aromatic rings. The van der Waals surface area contributed by atoms with E-state index in [-0.39, 0.29) is 12.0 Å². The van der Waals surface area contributed by atoms with Crippen LogP contribution in [-0.4, -0.2) is 33.2 Å². The summed E-state index contributed by atoms with van der Waals surface area (Å²) in [5.74, 6) is 0.759. The van der Waals surface area contributed by atoms with Crippen LogP contribution < -0.4 is 5.32 Å². The molecule has 1 fully saturated rings. The number of nitrogens with one attached hydrogen (secondary N) is 1. The number of fused-ring (bicyclic) bond motifs is 1. The second-order valence-electron chi connectivity index (χ2n) is 5.85. The molecule has 4 rings (SSSR count). The maximum atomic E-state index is 11.9. The second kappa shape index (κ2) is 6.41. The first-order valence-corrected chi connectivity index (χ1v) is 8.08. The zero-order valence-electron chi connectivity index (χ0n) is 13.2. The Morgan fingerprint density at radius 2 is 2.17 bits per heavy atom. The summed E-state index contributed by atoms with van der Waals surface area (Å²) in [6, 6.07) is 11.8. The number of para-hydroxylation sites is 2. The second-order valence-corrected chi connectivity index (χ2v) is 5.85. The number of pyridine rings is 1. The number of amides is 1. The fourth-order valence-corrected chi connectivity index (χ4v) is 2.89. The van der Waals surface area contributed by atoms with Crippen LogP contribution in [0.2, 0.25) is 0 Å². The smallest absolute Gasteiger partial charge is 0.249 e. The van der Waals surface area contributed by atoms with Gasteiger partial charge >= 0.3 is 0 Å². The molecular formula is C18H18N4O2. The molecule has 1 aliphatic rings. The number of rotatable bonds is 4. The molecule has 0 saturated carbocycles. The van der Waals surface area contributed by atoms with Crippen molar-refractivity contribution in [3.63, 3.8) is 0 Å². The van der Waals surface area contributed by atoms with Crippen LogP contribution >= 0.6 is 0 Å². The van der Waals surface area contributed by atoms with Gasteiger partial charge in [-0.2, -0.15) is 0 Å². The summed E-state index contributed by atoms with van der Waals surface area (Å²) in [5, 5.41) is 2.90. The van der Waals surface area contributed by atoms with Gasteiger partial charge in [0.25, 0.3) is 0 Å². The largest absolute Gasteiger partial charge is 0.368 e. The Bertz CT molecular complexity index is 851. The molecule has 3 heterocycles. The number of imidazole rings is 1. The average molecular weight is 322 g/mol. The van der Waals surface area contributed by atoms with Crippen molar-refractivity contribution in [2.75, 3.05) is 6.61 Å². The lowest BCUT2D eigenvalue weighted by molar-refractivity contribution is -0.130. The molecule has 1 amide bonds. The predicted molar refractivity (Wildman–Crippen MR) is 89.7 cm³/mol. The fourth-order valence-electron chi connectivity index (χ4n) is 2.89. The highest BCUT2D eigenvalue weighted by atomic mass is 16.5. The monoisotopic (exact) mass is 322 g/mol. The van der Waals surface area contributed by atoms with Gasteiger partial charge in [-0.3, -0.25) is 9.36 Å². The third kappa shape index (κ3) is 2.88. The number of hydrogen-bond donors (Lipinski definition) is 1. The first kappa shape index (κ1) is 14.8. The van der Waals surface area contributed by atoms with Crippen molar-refractivity contribution in [2.24, 2.45) is 0 Å². The minimum absolute atomic E-state index is 0.0443. The Balaban J connectivity index is 1.45. The quantitative estimate of drug-likeness (QED) is 0.799. The third-order valence-corrected chi connectivity index (χ3v) is 4.20. The van der Waals surface area contributed by atoms with Gasteiger partial charge in [0.2, 0.25) is 5.91 Å². The van der Waals surface area contributed by atoms with E-state index >= 15 is 0 Å². The molecule has 1 saturated heterocycles. The Labute approximate surface area is 139 Å². The molecule has 1 aliphatic heterocycles. The highest BCUT2D eigenvalue weighted by Gasteiger charge is 2.22. The molecule has 0 spiro atoms. The summed E-state index contributed by atoms with van der Waals surface area (Å²) >= 11 is 0. The van der Waals surface area contributed by atoms with E-state index in [0.717, 1.165) is 35.3 Å². The molecule has 1 aromatic carbocycles. The molecule has 1 atom stereocenters. The summed E-state index contributed by atoms with van der Waals surface area (Å²) in [6.07, 6.45) is 5.00. The van der Waals surface area contributed by atoms with E-state index in [1.807, 2.05) is 41.0 Å². The number of nitrogens with zero attached hydrogens (tertiary/aromatic N) is 3. The lowest BCUT2D eigenvalue weighted by Crippen LogP contribution is -2.33. The van der Waals surface area contributed by atoms with E-state index in [0.29, 0.717) is 13.2 Å². The van der Waals surface area contributed by atoms with Crippen LogP contribution in [0.4, 0.5) is 0 Å². The highest BCUT2D eigenvalue weighted by Crippen LogP contribution is 2.16. The van der Waals surface area contributed by atoms with Crippen LogP contribution in [0.25, 0.3) is 16.9 Å². The number of hydrogen-bond acceptors (Lipinski definition) is 4. The van der Waals surface area contributed by atoms with E-state index < -0.39 is 0 Å². The highest BCUT2D eigenvalue weighted by molar-refractivity contribution is 5.81. The van der Waals surface area contributed by atoms with Crippen molar-refractivity contribution < 1.29 is 9.53 Å². The number of benzene rings is 1. The molecule has 122 valence electrons. The number of carbonyl (C=O) groups excluding carboxylic acids is 1. The van der Waals surface area contributed by atoms with Crippen molar-refractivity contribution in [1.29, 1.82) is 0 Å². The van der Waals surface area contributed by atoms with E-state index in [1.54, 1.807) is 12.5 Å². The van der Waals surface area contributed by atoms with Crippen LogP contribution in [0.5, 0.6) is 0 Å². The van der Waals surface area contributed by atoms with Gasteiger partial charge < -0.3 is 10.1 Å². The van der Waals surface area contributed by atoms with Crippen LogP contribution in [0.1, 0.15) is 18.4 Å². The molecular weight excluding hydrogens is 304 g/mol. The van der Waals surface area contributed by atoms with E-state index in [4.69, 9.17) is 4.74 Å². The van der Waals surface area contributed by atoms with Crippen LogP contribution in [-0.2, 0) is 16.1 Å². The van der Waals surface area contributed by atoms with E-state index in [1.165, 1.54) is 0 Å². The van der Waals surface area contributed by atoms with Crippen molar-refractivity contribution in [2.45, 2.75) is 25.5 Å². The molecule has 0 radical (unpaired) electrons. The maximum Gasteiger partial charge on any atom is 0.249 e. The molecule has 0 bridgehead atoms. The predicted octanol–water partition coefficient (Wildman–Crippen LogP) is 2.22. The average Bonchev–Trinajstić information content (AvgIpc) is 3.30. The Hall–Kier alpha value is -2.73. The van der Waals surface area contributed by atoms with Crippen LogP contribution in [0.3, 0.4) is 0 Å². The van der Waals surface area contributed by atoms with Crippen molar-refractivity contribution in [3.8, 4) is 5.82 Å². The molecule has 1 N–H and O–H groups in total. The first-order valence-electron chi connectivity index (χ1n) is 8.08. The van der Waals surface area contributed by atoms with Gasteiger partial charge in [0.15, 0.2) is 0 Å². The Morgan fingerprint density at radius 1 is 1.25 bits per heavy atom. The van der Waals surface area contributed by atoms with Crippen molar-refractivity contribution in [1.82, 2.24) is 19.9 Å². The molecule has 2 aromatic heterocycles. The summed E-state index contributed by atoms with van der Waals surface area (Å²) in [4.78, 5) is 20.8. The van der Waals surface area contributed by atoms with Gasteiger partial charge in [-0.05, 0) is 36.6 Å². The standard InChI is InChI=1S/C18H18N4O2/c23-18(16-6-3-9-24-16)20-11-13-7-8-17(19-10-13)22-12-21-14-4-1-2-5-15(14)22/h1-2,4-5,7-8,10,12,16H,3,6,9,11H2,(H,20,23)/t16-/m0/s1. The van der Waals surface area contributed by atoms with Gasteiger partial charge in [0.1, 0.15) is 18.2 Å². The lowest BCUT2D eigenvalue weighted by Gasteiger charge is -2.10. The topological polar surface area (TPSA) is 69.0 Å². The minimum Gasteiger partial charge on any atom is -0.368 e. The van der Waals surface area contributed by atoms with Gasteiger partial charge in [-0.15, -0.1) is 0 Å². The summed E-state index contributed by atoms with van der Waals surface area (Å²) < 4.78 is 7.32. The Kier molecular flexibility index (Phi) is 3.96. The van der Waals surface area contributed by atoms with Crippen molar-refractivity contribution in [3.05, 3.63) is 54.5 Å². The number of carbonyl (C=O) groups is 1. The minimum atomic E-state index is -0.297. The van der Waals surface area contributed by atoms with Gasteiger partial charge in [-0.1, -0.05) is 18.2 Å².